The summed E-state index contributed by atoms with van der Waals surface area (Å²) < 4.78 is 12.1. The van der Waals surface area contributed by atoms with Gasteiger partial charge < -0.3 is 9.47 Å². The third-order valence-electron chi connectivity index (χ3n) is 6.53. The Hall–Kier alpha value is -3.15. The van der Waals surface area contributed by atoms with Crippen LogP contribution in [-0.2, 0) is 17.8 Å². The van der Waals surface area contributed by atoms with Gasteiger partial charge in [-0.3, -0.25) is 14.7 Å². The number of rotatable bonds is 5. The zero-order chi connectivity index (χ0) is 22.8. The van der Waals surface area contributed by atoms with Crippen molar-refractivity contribution >= 4 is 11.7 Å². The van der Waals surface area contributed by atoms with Crippen molar-refractivity contribution in [1.29, 1.82) is 0 Å². The minimum atomic E-state index is -0.265. The molecule has 33 heavy (non-hydrogen) atoms. The van der Waals surface area contributed by atoms with Gasteiger partial charge in [0.1, 0.15) is 11.4 Å². The highest BCUT2D eigenvalue weighted by molar-refractivity contribution is 5.99. The van der Waals surface area contributed by atoms with Gasteiger partial charge in [-0.05, 0) is 69.7 Å². The number of nitrogens with zero attached hydrogens (tertiary/aromatic N) is 3. The maximum absolute atomic E-state index is 13.4. The van der Waals surface area contributed by atoms with E-state index in [2.05, 4.69) is 24.9 Å². The molecule has 2 aromatic rings. The van der Waals surface area contributed by atoms with Gasteiger partial charge in [0.05, 0.1) is 12.2 Å². The summed E-state index contributed by atoms with van der Waals surface area (Å²) in [5, 5.41) is 0. The lowest BCUT2D eigenvalue weighted by Gasteiger charge is -2.29. The molecule has 0 bridgehead atoms. The van der Waals surface area contributed by atoms with Crippen molar-refractivity contribution < 1.29 is 14.3 Å². The molecule has 0 N–H and O–H groups in total. The number of allylic oxidation sites excluding steroid dienone is 2. The van der Waals surface area contributed by atoms with Crippen molar-refractivity contribution in [2.75, 3.05) is 6.61 Å². The van der Waals surface area contributed by atoms with E-state index in [0.29, 0.717) is 12.3 Å². The monoisotopic (exact) mass is 445 g/mol. The van der Waals surface area contributed by atoms with E-state index in [1.54, 1.807) is 11.1 Å². The van der Waals surface area contributed by atoms with Crippen molar-refractivity contribution in [2.24, 2.45) is 4.99 Å². The second-order valence-corrected chi connectivity index (χ2v) is 9.66. The fraction of sp³-hybridized carbons (Fsp3) is 0.444. The molecule has 0 unspecified atom stereocenters. The van der Waals surface area contributed by atoms with Crippen LogP contribution in [0.2, 0.25) is 0 Å². The fourth-order valence-electron chi connectivity index (χ4n) is 4.92. The van der Waals surface area contributed by atoms with Gasteiger partial charge in [0.2, 0.25) is 0 Å². The molecule has 2 aliphatic heterocycles. The number of carbonyl (C=O) groups excluding carboxylic acids is 1. The largest absolute Gasteiger partial charge is 0.483 e. The predicted molar refractivity (Wildman–Crippen MR) is 127 cm³/mol. The number of pyridine rings is 1. The quantitative estimate of drug-likeness (QED) is 0.633. The van der Waals surface area contributed by atoms with E-state index in [9.17, 15) is 4.79 Å². The first-order chi connectivity index (χ1) is 16.0. The second kappa shape index (κ2) is 9.00. The Morgan fingerprint density at radius 3 is 2.82 bits per heavy atom. The molecule has 0 fully saturated rings. The minimum absolute atomic E-state index is 0.0714. The number of benzene rings is 1. The molecule has 0 saturated carbocycles. The Bertz CT molecular complexity index is 1100. The SMILES string of the molecule is CC1(C)Cc2cccc(OCC(=O)N(Cc3ccccn3)C3=NC4=C(CCCC4)CC3)c2O1. The van der Waals surface area contributed by atoms with Crippen LogP contribution in [0, 0.1) is 0 Å². The zero-order valence-corrected chi connectivity index (χ0v) is 19.5. The van der Waals surface area contributed by atoms with Gasteiger partial charge in [0, 0.05) is 30.3 Å². The summed E-state index contributed by atoms with van der Waals surface area (Å²) >= 11 is 0. The Labute approximate surface area is 195 Å². The molecule has 6 heteroatoms. The van der Waals surface area contributed by atoms with Gasteiger partial charge in [-0.15, -0.1) is 0 Å². The summed E-state index contributed by atoms with van der Waals surface area (Å²) in [6.07, 6.45) is 8.89. The predicted octanol–water partition coefficient (Wildman–Crippen LogP) is 5.22. The Kier molecular flexibility index (Phi) is 5.92. The summed E-state index contributed by atoms with van der Waals surface area (Å²) in [6, 6.07) is 11.6. The number of fused-ring (bicyclic) bond motifs is 1. The van der Waals surface area contributed by atoms with E-state index >= 15 is 0 Å². The summed E-state index contributed by atoms with van der Waals surface area (Å²) in [5.41, 5.74) is 4.33. The van der Waals surface area contributed by atoms with Crippen LogP contribution in [0.15, 0.2) is 58.9 Å². The van der Waals surface area contributed by atoms with E-state index in [1.165, 1.54) is 24.1 Å². The molecule has 172 valence electrons. The van der Waals surface area contributed by atoms with E-state index in [4.69, 9.17) is 14.5 Å². The van der Waals surface area contributed by atoms with E-state index < -0.39 is 0 Å². The van der Waals surface area contributed by atoms with Crippen molar-refractivity contribution in [3.8, 4) is 11.5 Å². The highest BCUT2D eigenvalue weighted by atomic mass is 16.5. The fourth-order valence-corrected chi connectivity index (χ4v) is 4.92. The van der Waals surface area contributed by atoms with Crippen LogP contribution >= 0.6 is 0 Å². The third-order valence-corrected chi connectivity index (χ3v) is 6.53. The van der Waals surface area contributed by atoms with Gasteiger partial charge in [-0.25, -0.2) is 4.99 Å². The average Bonchev–Trinajstić information content (AvgIpc) is 3.15. The normalized spacial score (nSPS) is 18.7. The number of para-hydroxylation sites is 1. The number of hydrogen-bond acceptors (Lipinski definition) is 5. The molecule has 6 nitrogen and oxygen atoms in total. The lowest BCUT2D eigenvalue weighted by atomic mass is 9.91. The number of aliphatic imine (C=N–C) groups is 1. The van der Waals surface area contributed by atoms with Gasteiger partial charge >= 0.3 is 0 Å². The van der Waals surface area contributed by atoms with E-state index in [1.807, 2.05) is 30.3 Å². The first-order valence-corrected chi connectivity index (χ1v) is 11.9. The molecule has 0 atom stereocenters. The van der Waals surface area contributed by atoms with Crippen molar-refractivity contribution in [2.45, 2.75) is 70.9 Å². The summed E-state index contributed by atoms with van der Waals surface area (Å²) in [6.45, 7) is 4.44. The average molecular weight is 446 g/mol. The van der Waals surface area contributed by atoms with Crippen LogP contribution < -0.4 is 9.47 Å². The zero-order valence-electron chi connectivity index (χ0n) is 19.5. The first-order valence-electron chi connectivity index (χ1n) is 11.9. The Morgan fingerprint density at radius 2 is 1.97 bits per heavy atom. The number of ether oxygens (including phenoxy) is 2. The second-order valence-electron chi connectivity index (χ2n) is 9.66. The van der Waals surface area contributed by atoms with Crippen LogP contribution in [0.1, 0.15) is 63.6 Å². The number of amides is 1. The van der Waals surface area contributed by atoms with Crippen molar-refractivity contribution in [3.05, 3.63) is 65.1 Å². The molecule has 0 radical (unpaired) electrons. The van der Waals surface area contributed by atoms with Crippen LogP contribution in [0.3, 0.4) is 0 Å². The smallest absolute Gasteiger partial charge is 0.266 e. The molecule has 1 aromatic carbocycles. The number of aromatic nitrogens is 1. The standard InChI is InChI=1S/C27H31N3O3/c1-27(2)16-20-9-7-12-23(26(20)33-27)32-18-25(31)30(17-21-10-5-6-15-28-21)24-14-13-19-8-3-4-11-22(19)29-24/h5-7,9-10,12,15H,3-4,8,11,13-14,16-18H2,1-2H3. The topological polar surface area (TPSA) is 64.0 Å². The molecule has 3 heterocycles. The van der Waals surface area contributed by atoms with Crippen LogP contribution in [-0.4, -0.2) is 33.8 Å². The highest BCUT2D eigenvalue weighted by Gasteiger charge is 2.33. The van der Waals surface area contributed by atoms with Crippen molar-refractivity contribution in [3.63, 3.8) is 0 Å². The first kappa shape index (κ1) is 21.7. The Balaban J connectivity index is 1.36. The lowest BCUT2D eigenvalue weighted by molar-refractivity contribution is -0.130. The van der Waals surface area contributed by atoms with Gasteiger partial charge in [-0.2, -0.15) is 0 Å². The highest BCUT2D eigenvalue weighted by Crippen LogP contribution is 2.41. The van der Waals surface area contributed by atoms with Crippen LogP contribution in [0.4, 0.5) is 0 Å². The van der Waals surface area contributed by atoms with Crippen molar-refractivity contribution in [1.82, 2.24) is 9.88 Å². The molecule has 1 aromatic heterocycles. The molecule has 1 amide bonds. The van der Waals surface area contributed by atoms with Gasteiger partial charge in [0.15, 0.2) is 18.1 Å². The third kappa shape index (κ3) is 4.80. The van der Waals surface area contributed by atoms with Gasteiger partial charge in [0.25, 0.3) is 5.91 Å². The molecule has 0 spiro atoms. The van der Waals surface area contributed by atoms with Gasteiger partial charge in [-0.1, -0.05) is 18.2 Å². The van der Waals surface area contributed by atoms with E-state index in [-0.39, 0.29) is 18.1 Å². The molecule has 1 aliphatic carbocycles. The Morgan fingerprint density at radius 1 is 1.09 bits per heavy atom. The molecule has 0 saturated heterocycles. The number of amidine groups is 1. The van der Waals surface area contributed by atoms with Crippen LogP contribution in [0.5, 0.6) is 11.5 Å². The molecule has 5 rings (SSSR count). The van der Waals surface area contributed by atoms with E-state index in [0.717, 1.165) is 54.9 Å². The number of carbonyl (C=O) groups is 1. The maximum atomic E-state index is 13.4. The summed E-state index contributed by atoms with van der Waals surface area (Å²) in [4.78, 5) is 24.6. The summed E-state index contributed by atoms with van der Waals surface area (Å²) in [5.74, 6) is 2.07. The molecular formula is C27H31N3O3. The summed E-state index contributed by atoms with van der Waals surface area (Å²) in [7, 11) is 0. The molecular weight excluding hydrogens is 414 g/mol. The maximum Gasteiger partial charge on any atom is 0.266 e. The number of hydrogen-bond donors (Lipinski definition) is 0. The lowest BCUT2D eigenvalue weighted by Crippen LogP contribution is -2.40. The van der Waals surface area contributed by atoms with Crippen LogP contribution in [0.25, 0.3) is 0 Å². The molecule has 3 aliphatic rings. The minimum Gasteiger partial charge on any atom is -0.483 e.